The summed E-state index contributed by atoms with van der Waals surface area (Å²) in [5.41, 5.74) is -0.753. The number of aryl methyl sites for hydroxylation is 1. The number of likely N-dealkylation sites (tertiary alicyclic amines) is 1. The zero-order valence-electron chi connectivity index (χ0n) is 14.2. The third-order valence-electron chi connectivity index (χ3n) is 4.24. The molecule has 0 bridgehead atoms. The third-order valence-corrected chi connectivity index (χ3v) is 4.24. The van der Waals surface area contributed by atoms with Crippen molar-refractivity contribution in [3.05, 3.63) is 23.3 Å². The molecule has 0 radical (unpaired) electrons. The molecule has 1 aliphatic rings. The zero-order valence-corrected chi connectivity index (χ0v) is 14.2. The van der Waals surface area contributed by atoms with Crippen LogP contribution in [0.3, 0.4) is 0 Å². The first-order chi connectivity index (χ1) is 11.2. The lowest BCUT2D eigenvalue weighted by Crippen LogP contribution is -2.43. The summed E-state index contributed by atoms with van der Waals surface area (Å²) in [5, 5.41) is 2.67. The minimum atomic E-state index is -4.52. The quantitative estimate of drug-likeness (QED) is 0.912. The largest absolute Gasteiger partial charge is 0.433 e. The number of nitrogens with zero attached hydrogens (tertiary/aromatic N) is 3. The number of amides is 1. The van der Waals surface area contributed by atoms with Crippen molar-refractivity contribution in [2.45, 2.75) is 52.4 Å². The number of hydrogen-bond donors (Lipinski definition) is 1. The predicted octanol–water partition coefficient (Wildman–Crippen LogP) is 2.54. The average molecular weight is 344 g/mol. The topological polar surface area (TPSA) is 58.1 Å². The summed E-state index contributed by atoms with van der Waals surface area (Å²) in [7, 11) is 0. The van der Waals surface area contributed by atoms with Gasteiger partial charge in [-0.25, -0.2) is 9.97 Å². The fraction of sp³-hybridized carbons (Fsp3) is 0.688. The monoisotopic (exact) mass is 344 g/mol. The lowest BCUT2D eigenvalue weighted by molar-refractivity contribution is -0.141. The third kappa shape index (κ3) is 4.90. The molecule has 1 amide bonds. The van der Waals surface area contributed by atoms with Crippen molar-refractivity contribution in [1.82, 2.24) is 20.2 Å². The Kier molecular flexibility index (Phi) is 5.79. The predicted molar refractivity (Wildman–Crippen MR) is 83.1 cm³/mol. The molecule has 0 spiro atoms. The normalized spacial score (nSPS) is 17.3. The molecule has 134 valence electrons. The van der Waals surface area contributed by atoms with E-state index in [1.807, 2.05) is 0 Å². The van der Waals surface area contributed by atoms with Crippen LogP contribution in [-0.4, -0.2) is 39.9 Å². The molecule has 8 heteroatoms. The number of carbonyl (C=O) groups excluding carboxylic acids is 1. The Balaban J connectivity index is 1.92. The van der Waals surface area contributed by atoms with E-state index in [0.29, 0.717) is 6.04 Å². The number of carbonyl (C=O) groups is 1. The number of alkyl halides is 3. The van der Waals surface area contributed by atoms with Gasteiger partial charge >= 0.3 is 6.18 Å². The van der Waals surface area contributed by atoms with Crippen molar-refractivity contribution < 1.29 is 18.0 Å². The van der Waals surface area contributed by atoms with Gasteiger partial charge in [0.1, 0.15) is 11.5 Å². The molecule has 0 aliphatic carbocycles. The van der Waals surface area contributed by atoms with Crippen molar-refractivity contribution >= 4 is 5.91 Å². The van der Waals surface area contributed by atoms with Crippen molar-refractivity contribution in [3.8, 4) is 0 Å². The highest BCUT2D eigenvalue weighted by atomic mass is 19.4. The number of nitrogens with one attached hydrogen (secondary N) is 1. The van der Waals surface area contributed by atoms with Gasteiger partial charge in [0.2, 0.25) is 5.91 Å². The highest BCUT2D eigenvalue weighted by molar-refractivity contribution is 5.78. The molecule has 1 aromatic rings. The molecular formula is C16H23F3N4O. The lowest BCUT2D eigenvalue weighted by atomic mass is 9.95. The minimum absolute atomic E-state index is 0.0182. The number of rotatable bonds is 4. The molecule has 0 unspecified atom stereocenters. The van der Waals surface area contributed by atoms with E-state index in [2.05, 4.69) is 34.0 Å². The van der Waals surface area contributed by atoms with Crippen LogP contribution in [-0.2, 0) is 17.5 Å². The van der Waals surface area contributed by atoms with E-state index in [0.717, 1.165) is 32.0 Å². The Morgan fingerprint density at radius 2 is 1.96 bits per heavy atom. The van der Waals surface area contributed by atoms with E-state index in [-0.39, 0.29) is 29.9 Å². The van der Waals surface area contributed by atoms with Crippen LogP contribution in [0.5, 0.6) is 0 Å². The summed E-state index contributed by atoms with van der Waals surface area (Å²) in [6, 6.07) is 1.35. The molecule has 2 rings (SSSR count). The fourth-order valence-corrected chi connectivity index (χ4v) is 2.84. The van der Waals surface area contributed by atoms with Gasteiger partial charge in [-0.1, -0.05) is 0 Å². The number of halogens is 3. The zero-order chi connectivity index (χ0) is 17.9. The molecule has 2 heterocycles. The molecule has 0 atom stereocenters. The van der Waals surface area contributed by atoms with Crippen LogP contribution < -0.4 is 5.32 Å². The smallest absolute Gasteiger partial charge is 0.349 e. The van der Waals surface area contributed by atoms with Crippen LogP contribution in [0.4, 0.5) is 13.2 Å². The summed E-state index contributed by atoms with van der Waals surface area (Å²) in [6.45, 7) is 7.34. The standard InChI is InChI=1S/C16H23F3N4O/c1-10(2)23-6-4-12(5-7-23)15(24)20-9-14-21-11(3)8-13(22-14)16(17,18)19/h8,10,12H,4-7,9H2,1-3H3,(H,20,24). The molecule has 5 nitrogen and oxygen atoms in total. The minimum Gasteiger partial charge on any atom is -0.349 e. The lowest BCUT2D eigenvalue weighted by Gasteiger charge is -2.33. The number of hydrogen-bond acceptors (Lipinski definition) is 4. The Labute approximate surface area is 139 Å². The first-order valence-electron chi connectivity index (χ1n) is 8.10. The Bertz CT molecular complexity index is 581. The Morgan fingerprint density at radius 1 is 1.33 bits per heavy atom. The molecule has 24 heavy (non-hydrogen) atoms. The number of aromatic nitrogens is 2. The van der Waals surface area contributed by atoms with Crippen molar-refractivity contribution in [2.24, 2.45) is 5.92 Å². The van der Waals surface area contributed by atoms with Crippen LogP contribution in [0.15, 0.2) is 6.07 Å². The van der Waals surface area contributed by atoms with E-state index in [9.17, 15) is 18.0 Å². The van der Waals surface area contributed by atoms with Crippen LogP contribution in [0.2, 0.25) is 0 Å². The van der Waals surface area contributed by atoms with Crippen LogP contribution >= 0.6 is 0 Å². The van der Waals surface area contributed by atoms with Crippen LogP contribution in [0.25, 0.3) is 0 Å². The molecular weight excluding hydrogens is 321 g/mol. The Hall–Kier alpha value is -1.70. The van der Waals surface area contributed by atoms with Gasteiger partial charge < -0.3 is 10.2 Å². The summed E-state index contributed by atoms with van der Waals surface area (Å²) in [5.74, 6) is -0.265. The molecule has 1 saturated heterocycles. The van der Waals surface area contributed by atoms with E-state index < -0.39 is 11.9 Å². The second kappa shape index (κ2) is 7.46. The van der Waals surface area contributed by atoms with Crippen molar-refractivity contribution in [1.29, 1.82) is 0 Å². The highest BCUT2D eigenvalue weighted by Crippen LogP contribution is 2.27. The summed E-state index contributed by atoms with van der Waals surface area (Å²) in [6.07, 6.45) is -3.00. The Morgan fingerprint density at radius 3 is 2.50 bits per heavy atom. The SMILES string of the molecule is Cc1cc(C(F)(F)F)nc(CNC(=O)C2CCN(C(C)C)CC2)n1. The van der Waals surface area contributed by atoms with Crippen molar-refractivity contribution in [3.63, 3.8) is 0 Å². The second-order valence-electron chi connectivity index (χ2n) is 6.43. The fourth-order valence-electron chi connectivity index (χ4n) is 2.84. The van der Waals surface area contributed by atoms with E-state index in [1.54, 1.807) is 0 Å². The van der Waals surface area contributed by atoms with Gasteiger partial charge in [0.05, 0.1) is 6.54 Å². The van der Waals surface area contributed by atoms with Crippen LogP contribution in [0, 0.1) is 12.8 Å². The maximum absolute atomic E-state index is 12.8. The van der Waals surface area contributed by atoms with E-state index in [4.69, 9.17) is 0 Å². The highest BCUT2D eigenvalue weighted by Gasteiger charge is 2.33. The first kappa shape index (κ1) is 18.6. The van der Waals surface area contributed by atoms with Gasteiger partial charge in [-0.2, -0.15) is 13.2 Å². The molecule has 0 aromatic carbocycles. The van der Waals surface area contributed by atoms with Gasteiger partial charge in [0.15, 0.2) is 0 Å². The van der Waals surface area contributed by atoms with Gasteiger partial charge in [-0.15, -0.1) is 0 Å². The van der Waals surface area contributed by atoms with Gasteiger partial charge in [0, 0.05) is 17.7 Å². The first-order valence-corrected chi connectivity index (χ1v) is 8.10. The number of piperidine rings is 1. The summed E-state index contributed by atoms with van der Waals surface area (Å²) >= 11 is 0. The van der Waals surface area contributed by atoms with E-state index in [1.165, 1.54) is 6.92 Å². The molecule has 1 aromatic heterocycles. The maximum atomic E-state index is 12.8. The molecule has 1 aliphatic heterocycles. The van der Waals surface area contributed by atoms with E-state index >= 15 is 0 Å². The van der Waals surface area contributed by atoms with Crippen LogP contribution in [0.1, 0.15) is 43.9 Å². The van der Waals surface area contributed by atoms with Crippen molar-refractivity contribution in [2.75, 3.05) is 13.1 Å². The maximum Gasteiger partial charge on any atom is 0.433 e. The summed E-state index contributed by atoms with van der Waals surface area (Å²) in [4.78, 5) is 22.0. The second-order valence-corrected chi connectivity index (χ2v) is 6.43. The average Bonchev–Trinajstić information content (AvgIpc) is 2.51. The molecule has 1 fully saturated rings. The molecule has 1 N–H and O–H groups in total. The van der Waals surface area contributed by atoms with Gasteiger partial charge in [-0.3, -0.25) is 4.79 Å². The van der Waals surface area contributed by atoms with Gasteiger partial charge in [-0.05, 0) is 52.8 Å². The summed E-state index contributed by atoms with van der Waals surface area (Å²) < 4.78 is 38.3. The van der Waals surface area contributed by atoms with Gasteiger partial charge in [0.25, 0.3) is 0 Å². The molecule has 0 saturated carbocycles.